The second-order valence-electron chi connectivity index (χ2n) is 6.07. The zero-order valence-electron chi connectivity index (χ0n) is 13.7. The molecule has 5 heteroatoms. The fraction of sp³-hybridized carbons (Fsp3) is 0.150. The van der Waals surface area contributed by atoms with Gasteiger partial charge in [0.25, 0.3) is 11.8 Å². The predicted octanol–water partition coefficient (Wildman–Crippen LogP) is 3.96. The van der Waals surface area contributed by atoms with Crippen molar-refractivity contribution in [1.82, 2.24) is 9.88 Å². The molecule has 0 spiro atoms. The van der Waals surface area contributed by atoms with Crippen molar-refractivity contribution in [2.75, 3.05) is 6.54 Å². The Balaban J connectivity index is 1.48. The van der Waals surface area contributed by atoms with E-state index >= 15 is 0 Å². The predicted molar refractivity (Wildman–Crippen MR) is 97.8 cm³/mol. The van der Waals surface area contributed by atoms with Gasteiger partial charge in [-0.2, -0.15) is 0 Å². The zero-order chi connectivity index (χ0) is 17.4. The molecule has 0 radical (unpaired) electrons. The van der Waals surface area contributed by atoms with E-state index in [2.05, 4.69) is 24.0 Å². The molecular weight excluding hydrogens is 332 g/mol. The molecule has 0 atom stereocenters. The van der Waals surface area contributed by atoms with Gasteiger partial charge in [-0.15, -0.1) is 11.3 Å². The molecule has 3 aromatic rings. The molecular formula is C20H16N2O2S. The highest BCUT2D eigenvalue weighted by molar-refractivity contribution is 7.13. The van der Waals surface area contributed by atoms with Crippen LogP contribution in [0, 0.1) is 6.92 Å². The Labute approximate surface area is 149 Å². The molecule has 0 N–H and O–H groups in total. The molecule has 2 heterocycles. The number of hydrogen-bond acceptors (Lipinski definition) is 4. The number of hydrogen-bond donors (Lipinski definition) is 0. The van der Waals surface area contributed by atoms with E-state index in [-0.39, 0.29) is 11.8 Å². The van der Waals surface area contributed by atoms with E-state index < -0.39 is 0 Å². The number of aromatic nitrogens is 1. The van der Waals surface area contributed by atoms with Crippen LogP contribution in [0.3, 0.4) is 0 Å². The van der Waals surface area contributed by atoms with Crippen molar-refractivity contribution in [2.45, 2.75) is 13.3 Å². The fourth-order valence-electron chi connectivity index (χ4n) is 3.00. The van der Waals surface area contributed by atoms with Crippen LogP contribution in [0.15, 0.2) is 53.9 Å². The summed E-state index contributed by atoms with van der Waals surface area (Å²) in [6.45, 7) is 2.41. The average Bonchev–Trinajstić information content (AvgIpc) is 3.18. The van der Waals surface area contributed by atoms with Crippen LogP contribution in [0.2, 0.25) is 0 Å². The average molecular weight is 348 g/mol. The van der Waals surface area contributed by atoms with Gasteiger partial charge in [-0.3, -0.25) is 14.5 Å². The molecule has 1 aliphatic rings. The SMILES string of the molecule is Cc1cccc(-c2nc(CCN3C(=O)c4ccccc4C3=O)cs2)c1. The molecule has 2 amide bonds. The zero-order valence-corrected chi connectivity index (χ0v) is 14.5. The Morgan fingerprint density at radius 1 is 1.00 bits per heavy atom. The van der Waals surface area contributed by atoms with Gasteiger partial charge in [0.1, 0.15) is 5.01 Å². The maximum absolute atomic E-state index is 12.4. The maximum atomic E-state index is 12.4. The van der Waals surface area contributed by atoms with Crippen molar-refractivity contribution >= 4 is 23.2 Å². The lowest BCUT2D eigenvalue weighted by molar-refractivity contribution is 0.0656. The minimum atomic E-state index is -0.213. The van der Waals surface area contributed by atoms with E-state index in [1.165, 1.54) is 10.5 Å². The Kier molecular flexibility index (Phi) is 3.93. The van der Waals surface area contributed by atoms with E-state index in [1.807, 2.05) is 17.5 Å². The number of nitrogens with zero attached hydrogens (tertiary/aromatic N) is 2. The van der Waals surface area contributed by atoms with E-state index in [1.54, 1.807) is 35.6 Å². The van der Waals surface area contributed by atoms with Crippen molar-refractivity contribution in [3.63, 3.8) is 0 Å². The smallest absolute Gasteiger partial charge is 0.261 e. The summed E-state index contributed by atoms with van der Waals surface area (Å²) < 4.78 is 0. The lowest BCUT2D eigenvalue weighted by Gasteiger charge is -2.12. The van der Waals surface area contributed by atoms with E-state index in [0.29, 0.717) is 24.1 Å². The number of imide groups is 1. The normalized spacial score (nSPS) is 13.4. The van der Waals surface area contributed by atoms with Crippen molar-refractivity contribution in [3.05, 3.63) is 76.3 Å². The van der Waals surface area contributed by atoms with Gasteiger partial charge in [0.15, 0.2) is 0 Å². The van der Waals surface area contributed by atoms with Crippen LogP contribution in [-0.4, -0.2) is 28.2 Å². The van der Waals surface area contributed by atoms with Crippen molar-refractivity contribution in [3.8, 4) is 10.6 Å². The lowest BCUT2D eigenvalue weighted by atomic mass is 10.1. The molecule has 0 saturated heterocycles. The summed E-state index contributed by atoms with van der Waals surface area (Å²) in [5, 5.41) is 2.96. The quantitative estimate of drug-likeness (QED) is 0.671. The Morgan fingerprint density at radius 2 is 1.72 bits per heavy atom. The topological polar surface area (TPSA) is 50.3 Å². The lowest BCUT2D eigenvalue weighted by Crippen LogP contribution is -2.31. The molecule has 0 fully saturated rings. The van der Waals surface area contributed by atoms with Crippen molar-refractivity contribution < 1.29 is 9.59 Å². The molecule has 1 aromatic heterocycles. The number of thiazole rings is 1. The highest BCUT2D eigenvalue weighted by Gasteiger charge is 2.34. The molecule has 0 saturated carbocycles. The first-order valence-corrected chi connectivity index (χ1v) is 8.98. The van der Waals surface area contributed by atoms with E-state index in [9.17, 15) is 9.59 Å². The second kappa shape index (κ2) is 6.26. The van der Waals surface area contributed by atoms with Crippen LogP contribution >= 0.6 is 11.3 Å². The first kappa shape index (κ1) is 15.7. The Hall–Kier alpha value is -2.79. The van der Waals surface area contributed by atoms with E-state index in [4.69, 9.17) is 0 Å². The van der Waals surface area contributed by atoms with Crippen LogP contribution < -0.4 is 0 Å². The number of carbonyl (C=O) groups is 2. The summed E-state index contributed by atoms with van der Waals surface area (Å²) in [6, 6.07) is 15.2. The summed E-state index contributed by atoms with van der Waals surface area (Å²) >= 11 is 1.58. The molecule has 1 aliphatic heterocycles. The van der Waals surface area contributed by atoms with Gasteiger partial charge in [-0.05, 0) is 25.1 Å². The van der Waals surface area contributed by atoms with Gasteiger partial charge < -0.3 is 0 Å². The monoisotopic (exact) mass is 348 g/mol. The first-order chi connectivity index (χ1) is 12.1. The molecule has 0 aliphatic carbocycles. The number of carbonyl (C=O) groups excluding carboxylic acids is 2. The van der Waals surface area contributed by atoms with Gasteiger partial charge in [-0.1, -0.05) is 35.9 Å². The summed E-state index contributed by atoms with van der Waals surface area (Å²) in [5.41, 5.74) is 4.17. The summed E-state index contributed by atoms with van der Waals surface area (Å²) in [5.74, 6) is -0.426. The van der Waals surface area contributed by atoms with Gasteiger partial charge >= 0.3 is 0 Å². The Morgan fingerprint density at radius 3 is 2.40 bits per heavy atom. The number of fused-ring (bicyclic) bond motifs is 1. The fourth-order valence-corrected chi connectivity index (χ4v) is 3.85. The third-order valence-corrected chi connectivity index (χ3v) is 5.23. The summed E-state index contributed by atoms with van der Waals surface area (Å²) in [4.78, 5) is 30.7. The molecule has 4 nitrogen and oxygen atoms in total. The van der Waals surface area contributed by atoms with Crippen LogP contribution in [-0.2, 0) is 6.42 Å². The van der Waals surface area contributed by atoms with Gasteiger partial charge in [0, 0.05) is 23.9 Å². The van der Waals surface area contributed by atoms with Crippen molar-refractivity contribution in [1.29, 1.82) is 0 Å². The van der Waals surface area contributed by atoms with Crippen molar-refractivity contribution in [2.24, 2.45) is 0 Å². The summed E-state index contributed by atoms with van der Waals surface area (Å²) in [6.07, 6.45) is 0.563. The molecule has 0 bridgehead atoms. The molecule has 0 unspecified atom stereocenters. The van der Waals surface area contributed by atoms with Gasteiger partial charge in [-0.25, -0.2) is 4.98 Å². The number of aryl methyl sites for hydroxylation is 1. The number of rotatable bonds is 4. The van der Waals surface area contributed by atoms with E-state index in [0.717, 1.165) is 16.3 Å². The molecule has 2 aromatic carbocycles. The van der Waals surface area contributed by atoms with Crippen LogP contribution in [0.4, 0.5) is 0 Å². The minimum absolute atomic E-state index is 0.213. The largest absolute Gasteiger partial charge is 0.274 e. The first-order valence-electron chi connectivity index (χ1n) is 8.10. The Bertz CT molecular complexity index is 942. The van der Waals surface area contributed by atoms with Crippen LogP contribution in [0.25, 0.3) is 10.6 Å². The minimum Gasteiger partial charge on any atom is -0.274 e. The molecule has 4 rings (SSSR count). The number of amides is 2. The standard InChI is InChI=1S/C20H16N2O2S/c1-13-5-4-6-14(11-13)18-21-15(12-25-18)9-10-22-19(23)16-7-2-3-8-17(16)20(22)24/h2-8,11-12H,9-10H2,1H3. The third kappa shape index (κ3) is 2.87. The maximum Gasteiger partial charge on any atom is 0.261 e. The van der Waals surface area contributed by atoms with Gasteiger partial charge in [0.2, 0.25) is 0 Å². The highest BCUT2D eigenvalue weighted by atomic mass is 32.1. The number of benzene rings is 2. The third-order valence-electron chi connectivity index (χ3n) is 4.29. The summed E-state index contributed by atoms with van der Waals surface area (Å²) in [7, 11) is 0. The second-order valence-corrected chi connectivity index (χ2v) is 6.93. The van der Waals surface area contributed by atoms with Crippen LogP contribution in [0.5, 0.6) is 0 Å². The van der Waals surface area contributed by atoms with Gasteiger partial charge in [0.05, 0.1) is 16.8 Å². The molecule has 25 heavy (non-hydrogen) atoms. The van der Waals surface area contributed by atoms with Crippen LogP contribution in [0.1, 0.15) is 32.0 Å². The molecule has 124 valence electrons. The highest BCUT2D eigenvalue weighted by Crippen LogP contribution is 2.26.